The maximum Gasteiger partial charge on any atom is 0.227 e. The zero-order valence-corrected chi connectivity index (χ0v) is 28.7. The van der Waals surface area contributed by atoms with Gasteiger partial charge >= 0.3 is 0 Å². The van der Waals surface area contributed by atoms with Crippen molar-refractivity contribution in [3.8, 4) is 5.75 Å². The number of amides is 2. The molecule has 0 spiro atoms. The maximum absolute atomic E-state index is 14.1. The van der Waals surface area contributed by atoms with Gasteiger partial charge in [0.2, 0.25) is 11.8 Å². The molecule has 5 atom stereocenters. The van der Waals surface area contributed by atoms with Gasteiger partial charge in [0.05, 0.1) is 46.5 Å². The normalized spacial score (nSPS) is 24.7. The molecular formula is C38H48N2O5Si. The summed E-state index contributed by atoms with van der Waals surface area (Å²) in [5.41, 5.74) is 4.78. The summed E-state index contributed by atoms with van der Waals surface area (Å²) in [6.45, 7) is 8.37. The van der Waals surface area contributed by atoms with Crippen LogP contribution in [0.25, 0.3) is 0 Å². The van der Waals surface area contributed by atoms with Crippen molar-refractivity contribution in [1.82, 2.24) is 4.90 Å². The number of aliphatic hydroxyl groups excluding tert-OH is 1. The molecule has 1 N–H and O–H groups in total. The SMILES string of the molecule is COc1ccc([Si](C)(C)[C@H]2[C@H](C)[C@H](CCc3cccc(N4CCCC4=O)c3)O[C@@H]2CC(=O)N2Cc3ccccc3C[C@H]2CO)cc1. The largest absolute Gasteiger partial charge is 0.497 e. The number of aliphatic hydroxyl groups is 1. The van der Waals surface area contributed by atoms with Gasteiger partial charge in [0.15, 0.2) is 0 Å². The number of rotatable bonds is 10. The van der Waals surface area contributed by atoms with Crippen LogP contribution in [-0.4, -0.2) is 68.4 Å². The van der Waals surface area contributed by atoms with Crippen molar-refractivity contribution < 1.29 is 24.2 Å². The molecule has 3 aliphatic rings. The number of fused-ring (bicyclic) bond motifs is 1. The highest BCUT2D eigenvalue weighted by Crippen LogP contribution is 2.47. The third-order valence-corrected chi connectivity index (χ3v) is 15.2. The zero-order valence-electron chi connectivity index (χ0n) is 27.7. The standard InChI is InChI=1S/C38H48N2O5Si/c1-26-34(19-14-27-9-7-12-30(21-27)39-20-8-13-36(39)42)45-35(38(26)46(3,4)33-17-15-32(44-2)16-18-33)23-37(43)40-24-29-11-6-5-10-28(29)22-31(40)25-41/h5-7,9-12,15-18,21,26,31,34-35,38,41H,8,13-14,19-20,22-25H2,1-4H3/t26-,31+,34+,35-,38+/m1/s1. The van der Waals surface area contributed by atoms with E-state index in [4.69, 9.17) is 9.47 Å². The summed E-state index contributed by atoms with van der Waals surface area (Å²) in [7, 11) is -0.448. The van der Waals surface area contributed by atoms with Gasteiger partial charge in [0.25, 0.3) is 0 Å². The number of aryl methyl sites for hydroxylation is 1. The minimum atomic E-state index is -2.14. The average molecular weight is 641 g/mol. The van der Waals surface area contributed by atoms with Gasteiger partial charge in [0, 0.05) is 25.2 Å². The van der Waals surface area contributed by atoms with Crippen LogP contribution in [-0.2, 0) is 33.7 Å². The molecule has 3 aromatic carbocycles. The van der Waals surface area contributed by atoms with E-state index in [1.807, 2.05) is 46.2 Å². The Bertz CT molecular complexity index is 1540. The summed E-state index contributed by atoms with van der Waals surface area (Å²) in [6.07, 6.45) is 4.01. The van der Waals surface area contributed by atoms with E-state index in [9.17, 15) is 14.7 Å². The van der Waals surface area contributed by atoms with Crippen LogP contribution in [0.5, 0.6) is 5.75 Å². The zero-order chi connectivity index (χ0) is 32.4. The summed E-state index contributed by atoms with van der Waals surface area (Å²) < 4.78 is 12.4. The molecular weight excluding hydrogens is 593 g/mol. The van der Waals surface area contributed by atoms with E-state index < -0.39 is 8.07 Å². The van der Waals surface area contributed by atoms with E-state index in [0.717, 1.165) is 42.8 Å². The molecule has 6 rings (SSSR count). The van der Waals surface area contributed by atoms with Crippen molar-refractivity contribution in [3.05, 3.63) is 89.5 Å². The fraction of sp³-hybridized carbons (Fsp3) is 0.474. The maximum atomic E-state index is 14.1. The van der Waals surface area contributed by atoms with E-state index in [-0.39, 0.29) is 48.1 Å². The lowest BCUT2D eigenvalue weighted by atomic mass is 9.93. The predicted octanol–water partition coefficient (Wildman–Crippen LogP) is 5.48. The summed E-state index contributed by atoms with van der Waals surface area (Å²) in [6, 6.07) is 24.8. The van der Waals surface area contributed by atoms with Crippen molar-refractivity contribution in [3.63, 3.8) is 0 Å². The molecule has 46 heavy (non-hydrogen) atoms. The molecule has 2 saturated heterocycles. The monoisotopic (exact) mass is 640 g/mol. The van der Waals surface area contributed by atoms with Crippen LogP contribution in [0.4, 0.5) is 5.69 Å². The topological polar surface area (TPSA) is 79.3 Å². The Kier molecular flexibility index (Phi) is 9.69. The van der Waals surface area contributed by atoms with Gasteiger partial charge in [0.1, 0.15) is 5.75 Å². The fourth-order valence-electron chi connectivity index (χ4n) is 8.29. The molecule has 8 heteroatoms. The van der Waals surface area contributed by atoms with Crippen molar-refractivity contribution in [2.45, 2.75) is 88.9 Å². The summed E-state index contributed by atoms with van der Waals surface area (Å²) in [5, 5.41) is 11.6. The fourth-order valence-corrected chi connectivity index (χ4v) is 12.4. The number of benzene rings is 3. The molecule has 0 bridgehead atoms. The van der Waals surface area contributed by atoms with Crippen LogP contribution in [0.3, 0.4) is 0 Å². The van der Waals surface area contributed by atoms with Gasteiger partial charge in [-0.2, -0.15) is 0 Å². The first-order valence-electron chi connectivity index (χ1n) is 16.9. The number of hydrogen-bond donors (Lipinski definition) is 1. The summed E-state index contributed by atoms with van der Waals surface area (Å²) in [5.74, 6) is 1.36. The average Bonchev–Trinajstić information content (AvgIpc) is 3.65. The molecule has 0 aromatic heterocycles. The van der Waals surface area contributed by atoms with E-state index in [0.29, 0.717) is 25.8 Å². The van der Waals surface area contributed by atoms with Crippen molar-refractivity contribution >= 4 is 30.8 Å². The Hall–Kier alpha value is -3.46. The highest BCUT2D eigenvalue weighted by molar-refractivity contribution is 6.91. The van der Waals surface area contributed by atoms with E-state index in [1.165, 1.54) is 16.3 Å². The van der Waals surface area contributed by atoms with Crippen molar-refractivity contribution in [2.24, 2.45) is 5.92 Å². The Morgan fingerprint density at radius 2 is 1.78 bits per heavy atom. The molecule has 0 saturated carbocycles. The van der Waals surface area contributed by atoms with Crippen LogP contribution in [0.1, 0.15) is 49.3 Å². The van der Waals surface area contributed by atoms with Crippen LogP contribution in [0.15, 0.2) is 72.8 Å². The quantitative estimate of drug-likeness (QED) is 0.297. The predicted molar refractivity (Wildman–Crippen MR) is 184 cm³/mol. The van der Waals surface area contributed by atoms with Gasteiger partial charge in [-0.3, -0.25) is 9.59 Å². The van der Waals surface area contributed by atoms with Gasteiger partial charge in [-0.05, 0) is 78.1 Å². The highest BCUT2D eigenvalue weighted by atomic mass is 28.3. The van der Waals surface area contributed by atoms with Crippen LogP contribution >= 0.6 is 0 Å². The first kappa shape index (κ1) is 32.5. The van der Waals surface area contributed by atoms with Gasteiger partial charge < -0.3 is 24.4 Å². The van der Waals surface area contributed by atoms with Gasteiger partial charge in [-0.15, -0.1) is 0 Å². The number of hydrogen-bond acceptors (Lipinski definition) is 5. The molecule has 7 nitrogen and oxygen atoms in total. The summed E-state index contributed by atoms with van der Waals surface area (Å²) in [4.78, 5) is 30.3. The molecule has 3 aromatic rings. The third-order valence-electron chi connectivity index (χ3n) is 10.8. The minimum absolute atomic E-state index is 0.0145. The van der Waals surface area contributed by atoms with Gasteiger partial charge in [-0.25, -0.2) is 0 Å². The molecule has 0 aliphatic carbocycles. The third kappa shape index (κ3) is 6.53. The minimum Gasteiger partial charge on any atom is -0.497 e. The van der Waals surface area contributed by atoms with Crippen LogP contribution < -0.4 is 14.8 Å². The second-order valence-corrected chi connectivity index (χ2v) is 18.6. The molecule has 2 fully saturated rings. The Morgan fingerprint density at radius 1 is 1.02 bits per heavy atom. The number of anilines is 1. The number of carbonyl (C=O) groups excluding carboxylic acids is 2. The van der Waals surface area contributed by atoms with Crippen LogP contribution in [0.2, 0.25) is 18.6 Å². The van der Waals surface area contributed by atoms with Crippen molar-refractivity contribution in [2.75, 3.05) is 25.2 Å². The first-order chi connectivity index (χ1) is 22.2. The number of nitrogens with zero attached hydrogens (tertiary/aromatic N) is 2. The summed E-state index contributed by atoms with van der Waals surface area (Å²) >= 11 is 0. The number of ether oxygens (including phenoxy) is 2. The molecule has 0 unspecified atom stereocenters. The second-order valence-electron chi connectivity index (χ2n) is 13.9. The Labute approximate surface area is 274 Å². The lowest BCUT2D eigenvalue weighted by Gasteiger charge is -2.39. The smallest absolute Gasteiger partial charge is 0.227 e. The molecule has 3 aliphatic heterocycles. The Balaban J connectivity index is 1.23. The Morgan fingerprint density at radius 3 is 2.48 bits per heavy atom. The molecule has 2 amide bonds. The van der Waals surface area contributed by atoms with E-state index in [2.05, 4.69) is 56.4 Å². The van der Waals surface area contributed by atoms with Crippen LogP contribution in [0, 0.1) is 5.92 Å². The number of carbonyl (C=O) groups is 2. The van der Waals surface area contributed by atoms with Crippen molar-refractivity contribution in [1.29, 1.82) is 0 Å². The lowest BCUT2D eigenvalue weighted by molar-refractivity contribution is -0.138. The highest BCUT2D eigenvalue weighted by Gasteiger charge is 2.51. The second kappa shape index (κ2) is 13.7. The number of methoxy groups -OCH3 is 1. The molecule has 0 radical (unpaired) electrons. The van der Waals surface area contributed by atoms with Gasteiger partial charge in [-0.1, -0.05) is 73.7 Å². The molecule has 3 heterocycles. The molecule has 244 valence electrons. The van der Waals surface area contributed by atoms with E-state index >= 15 is 0 Å². The lowest BCUT2D eigenvalue weighted by Crippen LogP contribution is -2.52. The van der Waals surface area contributed by atoms with E-state index in [1.54, 1.807) is 7.11 Å². The first-order valence-corrected chi connectivity index (χ1v) is 19.9.